The molecule has 3 rings (SSSR count). The molecule has 0 unspecified atom stereocenters. The molecule has 1 aromatic carbocycles. The molecule has 0 amide bonds. The van der Waals surface area contributed by atoms with Gasteiger partial charge in [-0.2, -0.15) is 13.2 Å². The van der Waals surface area contributed by atoms with Crippen molar-refractivity contribution in [2.24, 2.45) is 5.73 Å². The van der Waals surface area contributed by atoms with E-state index in [1.165, 1.54) is 0 Å². The molecule has 2 aromatic heterocycles. The highest BCUT2D eigenvalue weighted by Gasteiger charge is 2.32. The average Bonchev–Trinajstić information content (AvgIpc) is 2.66. The predicted molar refractivity (Wildman–Crippen MR) is 102 cm³/mol. The number of aromatic nitrogens is 3. The SMILES string of the molecule is Cc1cc(Nc2nccc(C(F)(F)F)n2)cc(-c2ccnc(NCCN)c2)c1. The Bertz CT molecular complexity index is 958. The monoisotopic (exact) mass is 388 g/mol. The lowest BCUT2D eigenvalue weighted by Crippen LogP contribution is -2.13. The summed E-state index contributed by atoms with van der Waals surface area (Å²) in [7, 11) is 0. The van der Waals surface area contributed by atoms with Crippen molar-refractivity contribution in [2.75, 3.05) is 23.7 Å². The Kier molecular flexibility index (Phi) is 5.74. The molecule has 0 aliphatic heterocycles. The predicted octanol–water partition coefficient (Wildman–Crippen LogP) is 3.98. The number of nitrogens with one attached hydrogen (secondary N) is 2. The van der Waals surface area contributed by atoms with Crippen LogP contribution < -0.4 is 16.4 Å². The summed E-state index contributed by atoms with van der Waals surface area (Å²) < 4.78 is 38.5. The van der Waals surface area contributed by atoms with Crippen LogP contribution in [-0.4, -0.2) is 28.0 Å². The van der Waals surface area contributed by atoms with Gasteiger partial charge in [-0.15, -0.1) is 0 Å². The first-order chi connectivity index (χ1) is 13.3. The lowest BCUT2D eigenvalue weighted by atomic mass is 10.0. The Balaban J connectivity index is 1.88. The minimum atomic E-state index is -4.53. The fraction of sp³-hybridized carbons (Fsp3) is 0.211. The molecule has 0 bridgehead atoms. The summed E-state index contributed by atoms with van der Waals surface area (Å²) in [4.78, 5) is 11.7. The molecule has 0 aliphatic carbocycles. The first-order valence-corrected chi connectivity index (χ1v) is 8.54. The molecular formula is C19H19F3N6. The number of hydrogen-bond acceptors (Lipinski definition) is 6. The second kappa shape index (κ2) is 8.22. The second-order valence-corrected chi connectivity index (χ2v) is 6.12. The summed E-state index contributed by atoms with van der Waals surface area (Å²) in [5.41, 5.74) is 7.80. The Morgan fingerprint density at radius 3 is 2.54 bits per heavy atom. The Labute approximate surface area is 160 Å². The highest BCUT2D eigenvalue weighted by Crippen LogP contribution is 2.29. The standard InChI is InChI=1S/C19H19F3N6/c1-12-8-14(13-2-5-24-17(11-13)25-7-4-23)10-15(9-12)27-18-26-6-3-16(28-18)19(20,21)22/h2-3,5-6,8-11H,4,7,23H2,1H3,(H,24,25)(H,26,27,28). The molecule has 3 aromatic rings. The molecule has 4 N–H and O–H groups in total. The maximum absolute atomic E-state index is 12.8. The normalized spacial score (nSPS) is 11.3. The van der Waals surface area contributed by atoms with Crippen LogP contribution in [0, 0.1) is 6.92 Å². The zero-order valence-corrected chi connectivity index (χ0v) is 15.1. The number of pyridine rings is 1. The fourth-order valence-corrected chi connectivity index (χ4v) is 2.63. The average molecular weight is 388 g/mol. The van der Waals surface area contributed by atoms with E-state index in [1.807, 2.05) is 37.3 Å². The number of halogens is 3. The minimum absolute atomic E-state index is 0.119. The number of hydrogen-bond donors (Lipinski definition) is 3. The van der Waals surface area contributed by atoms with Gasteiger partial charge in [-0.1, -0.05) is 6.07 Å². The molecule has 0 radical (unpaired) electrons. The maximum Gasteiger partial charge on any atom is 0.433 e. The van der Waals surface area contributed by atoms with Gasteiger partial charge < -0.3 is 16.4 Å². The number of alkyl halides is 3. The van der Waals surface area contributed by atoms with Gasteiger partial charge in [0.2, 0.25) is 5.95 Å². The van der Waals surface area contributed by atoms with Crippen molar-refractivity contribution in [2.45, 2.75) is 13.1 Å². The van der Waals surface area contributed by atoms with Crippen LogP contribution >= 0.6 is 0 Å². The smallest absolute Gasteiger partial charge is 0.369 e. The van der Waals surface area contributed by atoms with Gasteiger partial charge in [0.1, 0.15) is 11.5 Å². The lowest BCUT2D eigenvalue weighted by molar-refractivity contribution is -0.141. The van der Waals surface area contributed by atoms with Crippen LogP contribution in [-0.2, 0) is 6.18 Å². The zero-order valence-electron chi connectivity index (χ0n) is 15.1. The van der Waals surface area contributed by atoms with Crippen LogP contribution in [0.5, 0.6) is 0 Å². The molecule has 0 saturated carbocycles. The van der Waals surface area contributed by atoms with E-state index in [2.05, 4.69) is 25.6 Å². The third-order valence-corrected chi connectivity index (χ3v) is 3.82. The first kappa shape index (κ1) is 19.6. The van der Waals surface area contributed by atoms with Gasteiger partial charge in [0, 0.05) is 31.2 Å². The van der Waals surface area contributed by atoms with E-state index >= 15 is 0 Å². The van der Waals surface area contributed by atoms with Crippen LogP contribution in [0.2, 0.25) is 0 Å². The summed E-state index contributed by atoms with van der Waals surface area (Å²) >= 11 is 0. The topological polar surface area (TPSA) is 88.8 Å². The Morgan fingerprint density at radius 1 is 1.00 bits per heavy atom. The maximum atomic E-state index is 12.8. The summed E-state index contributed by atoms with van der Waals surface area (Å²) in [6.07, 6.45) is -1.77. The van der Waals surface area contributed by atoms with E-state index in [0.717, 1.165) is 29.0 Å². The number of benzene rings is 1. The Morgan fingerprint density at radius 2 is 1.79 bits per heavy atom. The molecule has 0 fully saturated rings. The quantitative estimate of drug-likeness (QED) is 0.592. The van der Waals surface area contributed by atoms with Crippen molar-refractivity contribution in [1.82, 2.24) is 15.0 Å². The van der Waals surface area contributed by atoms with E-state index < -0.39 is 11.9 Å². The highest BCUT2D eigenvalue weighted by molar-refractivity contribution is 5.72. The van der Waals surface area contributed by atoms with Gasteiger partial charge in [0.15, 0.2) is 0 Å². The van der Waals surface area contributed by atoms with Gasteiger partial charge in [-0.3, -0.25) is 0 Å². The van der Waals surface area contributed by atoms with E-state index in [9.17, 15) is 13.2 Å². The Hall–Kier alpha value is -3.20. The molecule has 0 atom stereocenters. The summed E-state index contributed by atoms with van der Waals surface area (Å²) in [5.74, 6) is 0.576. The van der Waals surface area contributed by atoms with Gasteiger partial charge in [-0.05, 0) is 53.9 Å². The highest BCUT2D eigenvalue weighted by atomic mass is 19.4. The van der Waals surface area contributed by atoms with Crippen LogP contribution in [0.15, 0.2) is 48.8 Å². The van der Waals surface area contributed by atoms with Crippen molar-refractivity contribution < 1.29 is 13.2 Å². The molecule has 6 nitrogen and oxygen atoms in total. The van der Waals surface area contributed by atoms with Crippen LogP contribution in [0.25, 0.3) is 11.1 Å². The van der Waals surface area contributed by atoms with E-state index in [1.54, 1.807) is 6.20 Å². The van der Waals surface area contributed by atoms with E-state index in [-0.39, 0.29) is 5.95 Å². The zero-order chi connectivity index (χ0) is 20.1. The van der Waals surface area contributed by atoms with Gasteiger partial charge in [0.25, 0.3) is 0 Å². The molecule has 9 heteroatoms. The third-order valence-electron chi connectivity index (χ3n) is 3.82. The lowest BCUT2D eigenvalue weighted by Gasteiger charge is -2.12. The van der Waals surface area contributed by atoms with Gasteiger partial charge in [0.05, 0.1) is 0 Å². The number of anilines is 3. The van der Waals surface area contributed by atoms with Crippen LogP contribution in [0.4, 0.5) is 30.6 Å². The molecule has 146 valence electrons. The van der Waals surface area contributed by atoms with Crippen LogP contribution in [0.3, 0.4) is 0 Å². The molecule has 2 heterocycles. The number of nitrogens with zero attached hydrogens (tertiary/aromatic N) is 3. The number of nitrogens with two attached hydrogens (primary N) is 1. The van der Waals surface area contributed by atoms with E-state index in [4.69, 9.17) is 5.73 Å². The van der Waals surface area contributed by atoms with Gasteiger partial charge in [-0.25, -0.2) is 15.0 Å². The van der Waals surface area contributed by atoms with Crippen molar-refractivity contribution in [1.29, 1.82) is 0 Å². The van der Waals surface area contributed by atoms with Gasteiger partial charge >= 0.3 is 6.18 Å². The second-order valence-electron chi connectivity index (χ2n) is 6.12. The molecule has 28 heavy (non-hydrogen) atoms. The van der Waals surface area contributed by atoms with Crippen molar-refractivity contribution in [3.05, 3.63) is 60.0 Å². The summed E-state index contributed by atoms with van der Waals surface area (Å²) in [5, 5.41) is 5.96. The van der Waals surface area contributed by atoms with E-state index in [0.29, 0.717) is 24.6 Å². The number of aryl methyl sites for hydroxylation is 1. The fourth-order valence-electron chi connectivity index (χ4n) is 2.63. The first-order valence-electron chi connectivity index (χ1n) is 8.54. The van der Waals surface area contributed by atoms with Crippen molar-refractivity contribution >= 4 is 17.5 Å². The largest absolute Gasteiger partial charge is 0.433 e. The summed E-state index contributed by atoms with van der Waals surface area (Å²) in [6, 6.07) is 10.2. The molecular weight excluding hydrogens is 369 g/mol. The van der Waals surface area contributed by atoms with Crippen molar-refractivity contribution in [3.63, 3.8) is 0 Å². The molecule has 0 saturated heterocycles. The third kappa shape index (κ3) is 4.95. The molecule has 0 spiro atoms. The van der Waals surface area contributed by atoms with Crippen molar-refractivity contribution in [3.8, 4) is 11.1 Å². The molecule has 0 aliphatic rings. The number of rotatable bonds is 6. The minimum Gasteiger partial charge on any atom is -0.369 e. The summed E-state index contributed by atoms with van der Waals surface area (Å²) in [6.45, 7) is 2.99. The van der Waals surface area contributed by atoms with Crippen LogP contribution in [0.1, 0.15) is 11.3 Å².